The maximum absolute atomic E-state index is 12.7. The van der Waals surface area contributed by atoms with Crippen LogP contribution < -0.4 is 10.1 Å². The van der Waals surface area contributed by atoms with Gasteiger partial charge in [-0.2, -0.15) is 18.4 Å². The van der Waals surface area contributed by atoms with Gasteiger partial charge in [-0.1, -0.05) is 18.2 Å². The third kappa shape index (κ3) is 4.26. The van der Waals surface area contributed by atoms with Crippen LogP contribution in [0.5, 0.6) is 5.75 Å². The van der Waals surface area contributed by atoms with Gasteiger partial charge < -0.3 is 10.1 Å². The number of alkyl halides is 3. The predicted octanol–water partition coefficient (Wildman–Crippen LogP) is 3.98. The quantitative estimate of drug-likeness (QED) is 0.920. The Balaban J connectivity index is 2.08. The van der Waals surface area contributed by atoms with Gasteiger partial charge in [0.25, 0.3) is 5.91 Å². The molecular formula is C17H13F3N2O2. The van der Waals surface area contributed by atoms with Crippen molar-refractivity contribution in [3.63, 3.8) is 0 Å². The van der Waals surface area contributed by atoms with Gasteiger partial charge in [-0.05, 0) is 37.3 Å². The molecule has 2 rings (SSSR count). The third-order valence-electron chi connectivity index (χ3n) is 3.14. The van der Waals surface area contributed by atoms with Crippen molar-refractivity contribution in [1.82, 2.24) is 0 Å². The highest BCUT2D eigenvalue weighted by molar-refractivity contribution is 5.94. The molecule has 1 unspecified atom stereocenters. The highest BCUT2D eigenvalue weighted by Gasteiger charge is 2.30. The van der Waals surface area contributed by atoms with E-state index in [9.17, 15) is 18.0 Å². The Hall–Kier alpha value is -3.01. The summed E-state index contributed by atoms with van der Waals surface area (Å²) in [6.07, 6.45) is -5.48. The van der Waals surface area contributed by atoms with E-state index in [0.717, 1.165) is 12.1 Å². The van der Waals surface area contributed by atoms with Gasteiger partial charge in [0.15, 0.2) is 6.10 Å². The average molecular weight is 334 g/mol. The van der Waals surface area contributed by atoms with E-state index in [-0.39, 0.29) is 17.0 Å². The van der Waals surface area contributed by atoms with Gasteiger partial charge in [0.1, 0.15) is 11.8 Å². The minimum atomic E-state index is -4.49. The van der Waals surface area contributed by atoms with Crippen LogP contribution in [0.15, 0.2) is 48.5 Å². The van der Waals surface area contributed by atoms with Crippen molar-refractivity contribution in [3.05, 3.63) is 59.7 Å². The lowest BCUT2D eigenvalue weighted by Crippen LogP contribution is -2.30. The molecule has 0 aliphatic rings. The second-order valence-electron chi connectivity index (χ2n) is 4.94. The number of amides is 1. The number of halogens is 3. The third-order valence-corrected chi connectivity index (χ3v) is 3.14. The minimum absolute atomic E-state index is 0.0128. The number of benzene rings is 2. The highest BCUT2D eigenvalue weighted by Crippen LogP contribution is 2.30. The summed E-state index contributed by atoms with van der Waals surface area (Å²) in [4.78, 5) is 12.1. The number of nitrogens with one attached hydrogen (secondary N) is 1. The summed E-state index contributed by atoms with van der Waals surface area (Å²) in [6, 6.07) is 12.6. The number of carbonyl (C=O) groups is 1. The van der Waals surface area contributed by atoms with E-state index in [1.54, 1.807) is 12.1 Å². The minimum Gasteiger partial charge on any atom is -0.480 e. The molecule has 2 aromatic rings. The van der Waals surface area contributed by atoms with Crippen molar-refractivity contribution in [3.8, 4) is 11.8 Å². The molecule has 0 heterocycles. The Morgan fingerprint density at radius 3 is 2.58 bits per heavy atom. The molecule has 0 aliphatic carbocycles. The monoisotopic (exact) mass is 334 g/mol. The van der Waals surface area contributed by atoms with E-state index in [4.69, 9.17) is 10.00 Å². The molecule has 0 bridgehead atoms. The maximum Gasteiger partial charge on any atom is 0.416 e. The number of ether oxygens (including phenoxy) is 1. The summed E-state index contributed by atoms with van der Waals surface area (Å²) in [6.45, 7) is 1.44. The molecule has 1 atom stereocenters. The van der Waals surface area contributed by atoms with Crippen LogP contribution in [0.25, 0.3) is 0 Å². The summed E-state index contributed by atoms with van der Waals surface area (Å²) >= 11 is 0. The first-order valence-corrected chi connectivity index (χ1v) is 6.95. The molecule has 7 heteroatoms. The molecule has 0 fully saturated rings. The molecule has 1 amide bonds. The fourth-order valence-electron chi connectivity index (χ4n) is 1.92. The molecule has 0 saturated heterocycles. The number of para-hydroxylation sites is 1. The average Bonchev–Trinajstić information content (AvgIpc) is 2.54. The molecule has 4 nitrogen and oxygen atoms in total. The molecule has 2 aromatic carbocycles. The van der Waals surface area contributed by atoms with E-state index in [2.05, 4.69) is 5.32 Å². The van der Waals surface area contributed by atoms with Crippen molar-refractivity contribution < 1.29 is 22.7 Å². The topological polar surface area (TPSA) is 62.1 Å². The van der Waals surface area contributed by atoms with Crippen LogP contribution in [0.4, 0.5) is 18.9 Å². The summed E-state index contributed by atoms with van der Waals surface area (Å²) in [5.41, 5.74) is -0.584. The lowest BCUT2D eigenvalue weighted by Gasteiger charge is -2.16. The van der Waals surface area contributed by atoms with Crippen molar-refractivity contribution in [2.45, 2.75) is 19.2 Å². The highest BCUT2D eigenvalue weighted by atomic mass is 19.4. The van der Waals surface area contributed by atoms with Crippen LogP contribution in [0.3, 0.4) is 0 Å². The van der Waals surface area contributed by atoms with Gasteiger partial charge >= 0.3 is 6.18 Å². The molecule has 24 heavy (non-hydrogen) atoms. The number of rotatable bonds is 4. The Morgan fingerprint density at radius 1 is 1.21 bits per heavy atom. The van der Waals surface area contributed by atoms with Gasteiger partial charge in [0, 0.05) is 5.69 Å². The molecular weight excluding hydrogens is 321 g/mol. The number of hydrogen-bond acceptors (Lipinski definition) is 3. The van der Waals surface area contributed by atoms with Gasteiger partial charge in [-0.3, -0.25) is 4.79 Å². The zero-order valence-corrected chi connectivity index (χ0v) is 12.6. The standard InChI is InChI=1S/C17H13F3N2O2/c1-11(24-15-8-3-2-5-12(15)10-21)16(23)22-14-7-4-6-13(9-14)17(18,19)20/h2-9,11H,1H3,(H,22,23). The lowest BCUT2D eigenvalue weighted by molar-refractivity contribution is -0.137. The Labute approximate surface area is 136 Å². The van der Waals surface area contributed by atoms with Crippen molar-refractivity contribution in [2.75, 3.05) is 5.32 Å². The van der Waals surface area contributed by atoms with E-state index in [1.807, 2.05) is 6.07 Å². The van der Waals surface area contributed by atoms with Crippen LogP contribution in [-0.2, 0) is 11.0 Å². The maximum atomic E-state index is 12.7. The molecule has 124 valence electrons. The second-order valence-corrected chi connectivity index (χ2v) is 4.94. The second kappa shape index (κ2) is 7.04. The zero-order valence-electron chi connectivity index (χ0n) is 12.6. The first kappa shape index (κ1) is 17.3. The van der Waals surface area contributed by atoms with Crippen LogP contribution in [0, 0.1) is 11.3 Å². The summed E-state index contributed by atoms with van der Waals surface area (Å²) in [5.74, 6) is -0.395. The van der Waals surface area contributed by atoms with Crippen LogP contribution in [-0.4, -0.2) is 12.0 Å². The zero-order chi connectivity index (χ0) is 17.7. The number of anilines is 1. The largest absolute Gasteiger partial charge is 0.480 e. The Kier molecular flexibility index (Phi) is 5.09. The van der Waals surface area contributed by atoms with Crippen LogP contribution in [0.1, 0.15) is 18.1 Å². The van der Waals surface area contributed by atoms with Crippen LogP contribution >= 0.6 is 0 Å². The predicted molar refractivity (Wildman–Crippen MR) is 81.3 cm³/mol. The first-order valence-electron chi connectivity index (χ1n) is 6.95. The van der Waals surface area contributed by atoms with E-state index >= 15 is 0 Å². The van der Waals surface area contributed by atoms with Crippen molar-refractivity contribution in [1.29, 1.82) is 5.26 Å². The van der Waals surface area contributed by atoms with Crippen LogP contribution in [0.2, 0.25) is 0 Å². The van der Waals surface area contributed by atoms with Crippen molar-refractivity contribution >= 4 is 11.6 Å². The van der Waals surface area contributed by atoms with Gasteiger partial charge in [-0.15, -0.1) is 0 Å². The summed E-state index contributed by atoms with van der Waals surface area (Å²) in [7, 11) is 0. The smallest absolute Gasteiger partial charge is 0.416 e. The van der Waals surface area contributed by atoms with E-state index < -0.39 is 23.8 Å². The number of carbonyl (C=O) groups excluding carboxylic acids is 1. The van der Waals surface area contributed by atoms with Gasteiger partial charge in [0.2, 0.25) is 0 Å². The van der Waals surface area contributed by atoms with Crippen molar-refractivity contribution in [2.24, 2.45) is 0 Å². The molecule has 0 spiro atoms. The first-order chi connectivity index (χ1) is 11.3. The molecule has 0 aliphatic heterocycles. The van der Waals surface area contributed by atoms with E-state index in [1.165, 1.54) is 31.2 Å². The fourth-order valence-corrected chi connectivity index (χ4v) is 1.92. The van der Waals surface area contributed by atoms with Gasteiger partial charge in [0.05, 0.1) is 11.1 Å². The molecule has 1 N–H and O–H groups in total. The SMILES string of the molecule is CC(Oc1ccccc1C#N)C(=O)Nc1cccc(C(F)(F)F)c1. The Morgan fingerprint density at radius 2 is 1.92 bits per heavy atom. The van der Waals surface area contributed by atoms with Gasteiger partial charge in [-0.25, -0.2) is 0 Å². The molecule has 0 radical (unpaired) electrons. The fraction of sp³-hybridized carbons (Fsp3) is 0.176. The lowest BCUT2D eigenvalue weighted by atomic mass is 10.2. The summed E-state index contributed by atoms with van der Waals surface area (Å²) in [5, 5.41) is 11.3. The number of nitrogens with zero attached hydrogens (tertiary/aromatic N) is 1. The molecule has 0 aromatic heterocycles. The normalized spacial score (nSPS) is 12.1. The number of nitriles is 1. The van der Waals surface area contributed by atoms with E-state index in [0.29, 0.717) is 0 Å². The summed E-state index contributed by atoms with van der Waals surface area (Å²) < 4.78 is 43.4. The molecule has 0 saturated carbocycles. The number of hydrogen-bond donors (Lipinski definition) is 1. The Bertz CT molecular complexity index is 782.